The molecule has 2 aromatic rings. The number of hydrogen-bond acceptors (Lipinski definition) is 5. The van der Waals surface area contributed by atoms with E-state index >= 15 is 0 Å². The quantitative estimate of drug-likeness (QED) is 0.768. The van der Waals surface area contributed by atoms with Gasteiger partial charge in [-0.1, -0.05) is 18.2 Å². The van der Waals surface area contributed by atoms with Gasteiger partial charge >= 0.3 is 0 Å². The molecule has 0 aliphatic heterocycles. The maximum absolute atomic E-state index is 9.52. The normalized spacial score (nSPS) is 10.6. The van der Waals surface area contributed by atoms with Gasteiger partial charge in [0.2, 0.25) is 0 Å². The zero-order chi connectivity index (χ0) is 11.4. The number of aryl methyl sites for hydroxylation is 1. The van der Waals surface area contributed by atoms with Gasteiger partial charge in [-0.25, -0.2) is 0 Å². The molecule has 84 valence electrons. The van der Waals surface area contributed by atoms with Crippen molar-refractivity contribution < 1.29 is 5.11 Å². The molecule has 2 rings (SSSR count). The van der Waals surface area contributed by atoms with Crippen LogP contribution in [-0.4, -0.2) is 25.3 Å². The number of nitrogens with zero attached hydrogens (tertiary/aromatic N) is 4. The van der Waals surface area contributed by atoms with Gasteiger partial charge in [0, 0.05) is 12.1 Å². The van der Waals surface area contributed by atoms with Crippen molar-refractivity contribution in [2.75, 3.05) is 0 Å². The fourth-order valence-electron chi connectivity index (χ4n) is 1.36. The van der Waals surface area contributed by atoms with Crippen LogP contribution in [0.1, 0.15) is 11.4 Å². The summed E-state index contributed by atoms with van der Waals surface area (Å²) in [5, 5.41) is 24.3. The van der Waals surface area contributed by atoms with Crippen molar-refractivity contribution in [3.8, 4) is 5.75 Å². The second-order valence-electron chi connectivity index (χ2n) is 3.43. The fraction of sp³-hybridized carbons (Fsp3) is 0.300. The standard InChI is InChI=1S/C10H13N5O/c1-15-13-10(12-14-15)7-11-6-8-4-2-3-5-9(8)16/h2-5,11,16H,6-7H2,1H3. The second kappa shape index (κ2) is 4.71. The molecule has 0 spiro atoms. The van der Waals surface area contributed by atoms with E-state index in [2.05, 4.69) is 20.7 Å². The molecular weight excluding hydrogens is 206 g/mol. The van der Waals surface area contributed by atoms with Gasteiger partial charge in [0.1, 0.15) is 5.75 Å². The van der Waals surface area contributed by atoms with Crippen molar-refractivity contribution >= 4 is 0 Å². The van der Waals surface area contributed by atoms with E-state index in [1.807, 2.05) is 12.1 Å². The fourth-order valence-corrected chi connectivity index (χ4v) is 1.36. The molecule has 1 aromatic heterocycles. The Balaban J connectivity index is 1.87. The van der Waals surface area contributed by atoms with Gasteiger partial charge in [0.15, 0.2) is 5.82 Å². The van der Waals surface area contributed by atoms with Gasteiger partial charge in [-0.3, -0.25) is 0 Å². The van der Waals surface area contributed by atoms with E-state index in [0.717, 1.165) is 5.56 Å². The first-order valence-electron chi connectivity index (χ1n) is 4.96. The smallest absolute Gasteiger partial charge is 0.188 e. The molecule has 1 heterocycles. The maximum atomic E-state index is 9.52. The molecule has 6 nitrogen and oxygen atoms in total. The van der Waals surface area contributed by atoms with Gasteiger partial charge in [0.05, 0.1) is 13.6 Å². The lowest BCUT2D eigenvalue weighted by atomic mass is 10.2. The number of phenols is 1. The molecule has 0 unspecified atom stereocenters. The number of tetrazole rings is 1. The Morgan fingerprint density at radius 1 is 1.31 bits per heavy atom. The summed E-state index contributed by atoms with van der Waals surface area (Å²) in [6.07, 6.45) is 0. The van der Waals surface area contributed by atoms with Crippen LogP contribution in [0.2, 0.25) is 0 Å². The summed E-state index contributed by atoms with van der Waals surface area (Å²) < 4.78 is 0. The minimum absolute atomic E-state index is 0.294. The Kier molecular flexibility index (Phi) is 3.11. The average Bonchev–Trinajstić information content (AvgIpc) is 2.67. The number of rotatable bonds is 4. The zero-order valence-electron chi connectivity index (χ0n) is 8.96. The largest absolute Gasteiger partial charge is 0.508 e. The summed E-state index contributed by atoms with van der Waals surface area (Å²) in [7, 11) is 1.72. The monoisotopic (exact) mass is 219 g/mol. The third-order valence-electron chi connectivity index (χ3n) is 2.14. The number of aromatic hydroxyl groups is 1. The van der Waals surface area contributed by atoms with Gasteiger partial charge in [0.25, 0.3) is 0 Å². The Bertz CT molecular complexity index is 468. The Hall–Kier alpha value is -1.95. The SMILES string of the molecule is Cn1nnc(CNCc2ccccc2O)n1. The van der Waals surface area contributed by atoms with E-state index in [1.54, 1.807) is 19.2 Å². The van der Waals surface area contributed by atoms with E-state index in [0.29, 0.717) is 24.7 Å². The van der Waals surface area contributed by atoms with Crippen LogP contribution in [0, 0.1) is 0 Å². The number of benzene rings is 1. The third kappa shape index (κ3) is 2.54. The average molecular weight is 219 g/mol. The highest BCUT2D eigenvalue weighted by Crippen LogP contribution is 2.14. The highest BCUT2D eigenvalue weighted by Gasteiger charge is 2.01. The minimum atomic E-state index is 0.294. The van der Waals surface area contributed by atoms with E-state index in [4.69, 9.17) is 0 Å². The van der Waals surface area contributed by atoms with Crippen molar-refractivity contribution in [1.82, 2.24) is 25.5 Å². The first-order chi connectivity index (χ1) is 7.75. The second-order valence-corrected chi connectivity index (χ2v) is 3.43. The molecular formula is C10H13N5O. The van der Waals surface area contributed by atoms with Crippen LogP contribution in [-0.2, 0) is 20.1 Å². The number of phenolic OH excluding ortho intramolecular Hbond substituents is 1. The number of aromatic nitrogens is 4. The van der Waals surface area contributed by atoms with Crippen LogP contribution >= 0.6 is 0 Å². The molecule has 0 radical (unpaired) electrons. The maximum Gasteiger partial charge on any atom is 0.188 e. The van der Waals surface area contributed by atoms with Crippen molar-refractivity contribution in [3.63, 3.8) is 0 Å². The highest BCUT2D eigenvalue weighted by molar-refractivity contribution is 5.31. The number of hydrogen-bond donors (Lipinski definition) is 2. The van der Waals surface area contributed by atoms with Gasteiger partial charge < -0.3 is 10.4 Å². The molecule has 0 atom stereocenters. The van der Waals surface area contributed by atoms with Crippen molar-refractivity contribution in [3.05, 3.63) is 35.7 Å². The molecule has 1 aromatic carbocycles. The number of nitrogens with one attached hydrogen (secondary N) is 1. The van der Waals surface area contributed by atoms with Crippen molar-refractivity contribution in [2.24, 2.45) is 7.05 Å². The van der Waals surface area contributed by atoms with E-state index in [1.165, 1.54) is 4.80 Å². The topological polar surface area (TPSA) is 75.9 Å². The molecule has 0 saturated carbocycles. The van der Waals surface area contributed by atoms with Crippen LogP contribution in [0.15, 0.2) is 24.3 Å². The molecule has 2 N–H and O–H groups in total. The summed E-state index contributed by atoms with van der Waals surface area (Å²) in [5.41, 5.74) is 0.853. The summed E-state index contributed by atoms with van der Waals surface area (Å²) in [6.45, 7) is 1.10. The molecule has 16 heavy (non-hydrogen) atoms. The van der Waals surface area contributed by atoms with Gasteiger partial charge in [-0.05, 0) is 11.3 Å². The van der Waals surface area contributed by atoms with Crippen LogP contribution in [0.25, 0.3) is 0 Å². The van der Waals surface area contributed by atoms with Crippen molar-refractivity contribution in [1.29, 1.82) is 0 Å². The Morgan fingerprint density at radius 2 is 2.12 bits per heavy atom. The Labute approximate surface area is 92.9 Å². The summed E-state index contributed by atoms with van der Waals surface area (Å²) in [6, 6.07) is 7.21. The lowest BCUT2D eigenvalue weighted by molar-refractivity contribution is 0.464. The van der Waals surface area contributed by atoms with Crippen LogP contribution in [0.4, 0.5) is 0 Å². The van der Waals surface area contributed by atoms with Crippen molar-refractivity contribution in [2.45, 2.75) is 13.1 Å². The summed E-state index contributed by atoms with van der Waals surface area (Å²) in [5.74, 6) is 0.931. The molecule has 0 bridgehead atoms. The highest BCUT2D eigenvalue weighted by atomic mass is 16.3. The first-order valence-corrected chi connectivity index (χ1v) is 4.96. The predicted molar refractivity (Wildman–Crippen MR) is 57.4 cm³/mol. The van der Waals surface area contributed by atoms with Crippen LogP contribution < -0.4 is 5.32 Å². The van der Waals surface area contributed by atoms with Crippen LogP contribution in [0.5, 0.6) is 5.75 Å². The summed E-state index contributed by atoms with van der Waals surface area (Å²) in [4.78, 5) is 1.41. The van der Waals surface area contributed by atoms with Gasteiger partial charge in [-0.15, -0.1) is 10.2 Å². The predicted octanol–water partition coefficient (Wildman–Crippen LogP) is 0.205. The summed E-state index contributed by atoms with van der Waals surface area (Å²) >= 11 is 0. The molecule has 0 aliphatic carbocycles. The lowest BCUT2D eigenvalue weighted by Crippen LogP contribution is -2.14. The molecule has 0 aliphatic rings. The molecule has 0 amide bonds. The molecule has 6 heteroatoms. The first kappa shape index (κ1) is 10.6. The van der Waals surface area contributed by atoms with E-state index < -0.39 is 0 Å². The third-order valence-corrected chi connectivity index (χ3v) is 2.14. The van der Waals surface area contributed by atoms with E-state index in [9.17, 15) is 5.11 Å². The minimum Gasteiger partial charge on any atom is -0.508 e. The van der Waals surface area contributed by atoms with Gasteiger partial charge in [-0.2, -0.15) is 4.80 Å². The molecule has 0 saturated heterocycles. The Morgan fingerprint density at radius 3 is 2.81 bits per heavy atom. The zero-order valence-corrected chi connectivity index (χ0v) is 8.96. The molecule has 0 fully saturated rings. The number of para-hydroxylation sites is 1. The lowest BCUT2D eigenvalue weighted by Gasteiger charge is -2.04. The van der Waals surface area contributed by atoms with E-state index in [-0.39, 0.29) is 0 Å². The van der Waals surface area contributed by atoms with Crippen LogP contribution in [0.3, 0.4) is 0 Å².